The molecule has 0 atom stereocenters. The van der Waals surface area contributed by atoms with Crippen molar-refractivity contribution in [3.05, 3.63) is 23.3 Å². The molecule has 1 rings (SSSR count). The highest BCUT2D eigenvalue weighted by molar-refractivity contribution is 5.48. The molecule has 0 radical (unpaired) electrons. The third kappa shape index (κ3) is 2.41. The number of benzene rings is 1. The van der Waals surface area contributed by atoms with E-state index in [9.17, 15) is 8.78 Å². The van der Waals surface area contributed by atoms with E-state index in [0.717, 1.165) is 6.07 Å². The summed E-state index contributed by atoms with van der Waals surface area (Å²) in [5.74, 6) is -1.36. The van der Waals surface area contributed by atoms with Gasteiger partial charge in [-0.15, -0.1) is 0 Å². The molecule has 1 aromatic rings. The third-order valence-corrected chi connectivity index (χ3v) is 2.28. The Morgan fingerprint density at radius 3 is 2.44 bits per heavy atom. The standard InChI is InChI=1S/C11H15F2NO2/c1-14-5-4-7-10(13)8(12)6-9(15-2)11(7)16-3/h6,14H,4-5H2,1-3H3. The second-order valence-corrected chi connectivity index (χ2v) is 3.24. The predicted molar refractivity (Wildman–Crippen MR) is 57.1 cm³/mol. The minimum Gasteiger partial charge on any atom is -0.493 e. The molecule has 0 heterocycles. The van der Waals surface area contributed by atoms with E-state index >= 15 is 0 Å². The first-order chi connectivity index (χ1) is 7.65. The van der Waals surface area contributed by atoms with Gasteiger partial charge in [-0.1, -0.05) is 0 Å². The van der Waals surface area contributed by atoms with E-state index in [1.807, 2.05) is 0 Å². The highest BCUT2D eigenvalue weighted by Crippen LogP contribution is 2.34. The molecule has 0 aliphatic carbocycles. The molecule has 0 unspecified atom stereocenters. The van der Waals surface area contributed by atoms with Gasteiger partial charge in [0.05, 0.1) is 14.2 Å². The van der Waals surface area contributed by atoms with Crippen LogP contribution in [0.25, 0.3) is 0 Å². The lowest BCUT2D eigenvalue weighted by Crippen LogP contribution is -2.13. The second-order valence-electron chi connectivity index (χ2n) is 3.24. The number of likely N-dealkylation sites (N-methyl/N-ethyl adjacent to an activating group) is 1. The maximum Gasteiger partial charge on any atom is 0.167 e. The Kier molecular flexibility index (Phi) is 4.49. The van der Waals surface area contributed by atoms with Crippen LogP contribution < -0.4 is 14.8 Å². The monoisotopic (exact) mass is 231 g/mol. The summed E-state index contributed by atoms with van der Waals surface area (Å²) in [6.45, 7) is 0.528. The fourth-order valence-electron chi connectivity index (χ4n) is 1.49. The number of hydrogen-bond acceptors (Lipinski definition) is 3. The minimum atomic E-state index is -0.927. The van der Waals surface area contributed by atoms with Gasteiger partial charge in [0, 0.05) is 11.6 Å². The summed E-state index contributed by atoms with van der Waals surface area (Å²) in [7, 11) is 4.52. The van der Waals surface area contributed by atoms with Crippen LogP contribution >= 0.6 is 0 Å². The summed E-state index contributed by atoms with van der Waals surface area (Å²) >= 11 is 0. The van der Waals surface area contributed by atoms with Crippen molar-refractivity contribution in [2.24, 2.45) is 0 Å². The van der Waals surface area contributed by atoms with Gasteiger partial charge in [-0.2, -0.15) is 0 Å². The van der Waals surface area contributed by atoms with Crippen molar-refractivity contribution in [1.29, 1.82) is 0 Å². The summed E-state index contributed by atoms with van der Waals surface area (Å²) in [6, 6.07) is 0.983. The largest absolute Gasteiger partial charge is 0.493 e. The van der Waals surface area contributed by atoms with Crippen molar-refractivity contribution < 1.29 is 18.3 Å². The molecule has 0 spiro atoms. The minimum absolute atomic E-state index is 0.189. The second kappa shape index (κ2) is 5.65. The summed E-state index contributed by atoms with van der Waals surface area (Å²) in [4.78, 5) is 0. The molecular weight excluding hydrogens is 216 g/mol. The molecule has 0 aliphatic rings. The van der Waals surface area contributed by atoms with E-state index in [-0.39, 0.29) is 17.1 Å². The Morgan fingerprint density at radius 1 is 1.25 bits per heavy atom. The van der Waals surface area contributed by atoms with E-state index in [1.165, 1.54) is 14.2 Å². The SMILES string of the molecule is CNCCc1c(F)c(F)cc(OC)c1OC. The average molecular weight is 231 g/mol. The van der Waals surface area contributed by atoms with Gasteiger partial charge in [-0.05, 0) is 20.0 Å². The molecular formula is C11H15F2NO2. The molecule has 5 heteroatoms. The fraction of sp³-hybridized carbons (Fsp3) is 0.455. The van der Waals surface area contributed by atoms with Gasteiger partial charge < -0.3 is 14.8 Å². The van der Waals surface area contributed by atoms with Crippen molar-refractivity contribution in [1.82, 2.24) is 5.32 Å². The van der Waals surface area contributed by atoms with Crippen molar-refractivity contribution in [2.45, 2.75) is 6.42 Å². The molecule has 1 aromatic carbocycles. The average Bonchev–Trinajstić information content (AvgIpc) is 2.30. The number of rotatable bonds is 5. The number of nitrogens with one attached hydrogen (secondary N) is 1. The Balaban J connectivity index is 3.23. The van der Waals surface area contributed by atoms with Crippen LogP contribution in [0.1, 0.15) is 5.56 Å². The summed E-state index contributed by atoms with van der Waals surface area (Å²) in [5.41, 5.74) is 0.189. The molecule has 0 saturated carbocycles. The molecule has 0 fully saturated rings. The van der Waals surface area contributed by atoms with Crippen molar-refractivity contribution in [3.8, 4) is 11.5 Å². The first kappa shape index (κ1) is 12.7. The van der Waals surface area contributed by atoms with E-state index in [4.69, 9.17) is 9.47 Å². The molecule has 90 valence electrons. The van der Waals surface area contributed by atoms with Gasteiger partial charge in [0.1, 0.15) is 0 Å². The number of methoxy groups -OCH3 is 2. The topological polar surface area (TPSA) is 30.5 Å². The normalized spacial score (nSPS) is 10.3. The summed E-state index contributed by atoms with van der Waals surface area (Å²) in [5, 5.41) is 2.87. The number of halogens is 2. The first-order valence-electron chi connectivity index (χ1n) is 4.89. The van der Waals surface area contributed by atoms with Crippen molar-refractivity contribution >= 4 is 0 Å². The van der Waals surface area contributed by atoms with Crippen LogP contribution in [0.15, 0.2) is 6.07 Å². The highest BCUT2D eigenvalue weighted by Gasteiger charge is 2.19. The van der Waals surface area contributed by atoms with Gasteiger partial charge in [0.25, 0.3) is 0 Å². The van der Waals surface area contributed by atoms with Crippen LogP contribution in [0, 0.1) is 11.6 Å². The Labute approximate surface area is 93.4 Å². The maximum absolute atomic E-state index is 13.6. The fourth-order valence-corrected chi connectivity index (χ4v) is 1.49. The molecule has 3 nitrogen and oxygen atoms in total. The zero-order valence-electron chi connectivity index (χ0n) is 9.56. The first-order valence-corrected chi connectivity index (χ1v) is 4.89. The Hall–Kier alpha value is -1.36. The zero-order valence-corrected chi connectivity index (χ0v) is 9.56. The van der Waals surface area contributed by atoms with Gasteiger partial charge in [0.2, 0.25) is 0 Å². The highest BCUT2D eigenvalue weighted by atomic mass is 19.2. The quantitative estimate of drug-likeness (QED) is 0.837. The van der Waals surface area contributed by atoms with Gasteiger partial charge in [-0.25, -0.2) is 8.78 Å². The van der Waals surface area contributed by atoms with Gasteiger partial charge >= 0.3 is 0 Å². The molecule has 0 bridgehead atoms. The smallest absolute Gasteiger partial charge is 0.167 e. The van der Waals surface area contributed by atoms with Crippen LogP contribution in [0.5, 0.6) is 11.5 Å². The van der Waals surface area contributed by atoms with Gasteiger partial charge in [0.15, 0.2) is 23.1 Å². The lowest BCUT2D eigenvalue weighted by molar-refractivity contribution is 0.342. The number of hydrogen-bond donors (Lipinski definition) is 1. The Morgan fingerprint density at radius 2 is 1.94 bits per heavy atom. The van der Waals surface area contributed by atoms with Gasteiger partial charge in [-0.3, -0.25) is 0 Å². The van der Waals surface area contributed by atoms with Crippen LogP contribution in [-0.2, 0) is 6.42 Å². The predicted octanol–water partition coefficient (Wildman–Crippen LogP) is 1.74. The van der Waals surface area contributed by atoms with E-state index in [2.05, 4.69) is 5.32 Å². The zero-order chi connectivity index (χ0) is 12.1. The lowest BCUT2D eigenvalue weighted by Gasteiger charge is -2.14. The van der Waals surface area contributed by atoms with E-state index in [0.29, 0.717) is 13.0 Å². The van der Waals surface area contributed by atoms with Crippen LogP contribution in [0.2, 0.25) is 0 Å². The molecule has 0 amide bonds. The summed E-state index contributed by atoms with van der Waals surface area (Å²) < 4.78 is 36.8. The molecule has 0 aliphatic heterocycles. The van der Waals surface area contributed by atoms with E-state index < -0.39 is 11.6 Å². The van der Waals surface area contributed by atoms with Crippen molar-refractivity contribution in [2.75, 3.05) is 27.8 Å². The third-order valence-electron chi connectivity index (χ3n) is 2.28. The maximum atomic E-state index is 13.6. The molecule has 16 heavy (non-hydrogen) atoms. The van der Waals surface area contributed by atoms with Crippen LogP contribution in [-0.4, -0.2) is 27.8 Å². The number of ether oxygens (including phenoxy) is 2. The Bertz CT molecular complexity index is 369. The van der Waals surface area contributed by atoms with Crippen LogP contribution in [0.4, 0.5) is 8.78 Å². The van der Waals surface area contributed by atoms with Crippen molar-refractivity contribution in [3.63, 3.8) is 0 Å². The summed E-state index contributed by atoms with van der Waals surface area (Å²) in [6.07, 6.45) is 0.333. The van der Waals surface area contributed by atoms with E-state index in [1.54, 1.807) is 7.05 Å². The molecule has 0 aromatic heterocycles. The lowest BCUT2D eigenvalue weighted by atomic mass is 10.1. The van der Waals surface area contributed by atoms with Crippen LogP contribution in [0.3, 0.4) is 0 Å². The molecule has 1 N–H and O–H groups in total. The molecule has 0 saturated heterocycles.